The number of aryl methyl sites for hydroxylation is 2. The van der Waals surface area contributed by atoms with Crippen molar-refractivity contribution in [2.24, 2.45) is 0 Å². The summed E-state index contributed by atoms with van der Waals surface area (Å²) >= 11 is 12.5. The molecule has 0 amide bonds. The number of rotatable bonds is 3. The maximum Gasteiger partial charge on any atom is 0.0605 e. The molecule has 1 aliphatic heterocycles. The molecule has 24 heavy (non-hydrogen) atoms. The molecule has 3 rings (SSSR count). The number of hydrogen-bond acceptors (Lipinski definition) is 2. The highest BCUT2D eigenvalue weighted by atomic mass is 35.5. The van der Waals surface area contributed by atoms with Crippen LogP contribution in [0.1, 0.15) is 34.7 Å². The fourth-order valence-corrected chi connectivity index (χ4v) is 3.76. The van der Waals surface area contributed by atoms with E-state index in [-0.39, 0.29) is 6.04 Å². The molecule has 1 aliphatic rings. The van der Waals surface area contributed by atoms with Gasteiger partial charge in [-0.1, -0.05) is 53.0 Å². The van der Waals surface area contributed by atoms with Crippen LogP contribution in [-0.2, 0) is 0 Å². The van der Waals surface area contributed by atoms with E-state index in [1.807, 2.05) is 12.1 Å². The van der Waals surface area contributed by atoms with Gasteiger partial charge in [-0.2, -0.15) is 0 Å². The molecule has 0 radical (unpaired) electrons. The molecule has 0 bridgehead atoms. The van der Waals surface area contributed by atoms with Crippen LogP contribution in [0.15, 0.2) is 36.4 Å². The molecule has 1 N–H and O–H groups in total. The minimum atomic E-state index is 0.208. The Balaban J connectivity index is 2.08. The maximum atomic E-state index is 6.32. The largest absolute Gasteiger partial charge is 0.315 e. The molecule has 1 atom stereocenters. The zero-order valence-electron chi connectivity index (χ0n) is 14.3. The number of hydrogen-bond donors (Lipinski definition) is 1. The Hall–Kier alpha value is -1.06. The summed E-state index contributed by atoms with van der Waals surface area (Å²) in [5, 5.41) is 4.72. The predicted molar refractivity (Wildman–Crippen MR) is 103 cm³/mol. The Kier molecular flexibility index (Phi) is 5.83. The lowest BCUT2D eigenvalue weighted by molar-refractivity contribution is 0.240. The molecule has 2 nitrogen and oxygen atoms in total. The zero-order valence-corrected chi connectivity index (χ0v) is 15.8. The Labute approximate surface area is 154 Å². The van der Waals surface area contributed by atoms with Crippen molar-refractivity contribution in [2.45, 2.75) is 26.3 Å². The first-order chi connectivity index (χ1) is 11.6. The van der Waals surface area contributed by atoms with Gasteiger partial charge in [0.2, 0.25) is 0 Å². The SMILES string of the molecule is Cc1ccc(C)c(C(c2ccc(Cl)c(Cl)c2)N2CCCNCC2)c1. The molecule has 0 aromatic heterocycles. The van der Waals surface area contributed by atoms with Crippen molar-refractivity contribution in [1.29, 1.82) is 0 Å². The quantitative estimate of drug-likeness (QED) is 0.826. The van der Waals surface area contributed by atoms with Gasteiger partial charge in [0.25, 0.3) is 0 Å². The fourth-order valence-electron chi connectivity index (χ4n) is 3.45. The Morgan fingerprint density at radius 1 is 0.958 bits per heavy atom. The highest BCUT2D eigenvalue weighted by Gasteiger charge is 2.25. The van der Waals surface area contributed by atoms with E-state index < -0.39 is 0 Å². The van der Waals surface area contributed by atoms with E-state index in [1.165, 1.54) is 22.3 Å². The lowest BCUT2D eigenvalue weighted by Gasteiger charge is -2.32. The Bertz CT molecular complexity index is 707. The average Bonchev–Trinajstić information content (AvgIpc) is 2.84. The minimum absolute atomic E-state index is 0.208. The van der Waals surface area contributed by atoms with Crippen LogP contribution >= 0.6 is 23.2 Å². The summed E-state index contributed by atoms with van der Waals surface area (Å²) in [5.74, 6) is 0. The van der Waals surface area contributed by atoms with E-state index in [2.05, 4.69) is 48.3 Å². The monoisotopic (exact) mass is 362 g/mol. The molecule has 2 aromatic rings. The van der Waals surface area contributed by atoms with E-state index in [0.717, 1.165) is 32.6 Å². The standard InChI is InChI=1S/C20H24Cl2N2/c1-14-4-5-15(2)17(12-14)20(24-10-3-8-23-9-11-24)16-6-7-18(21)19(22)13-16/h4-7,12-13,20,23H,3,8-11H2,1-2H3. The van der Waals surface area contributed by atoms with Gasteiger partial charge in [-0.3, -0.25) is 4.90 Å². The van der Waals surface area contributed by atoms with Gasteiger partial charge in [-0.05, 0) is 55.6 Å². The molecule has 2 aromatic carbocycles. The topological polar surface area (TPSA) is 15.3 Å². The lowest BCUT2D eigenvalue weighted by atomic mass is 9.92. The van der Waals surface area contributed by atoms with Gasteiger partial charge in [-0.15, -0.1) is 0 Å². The van der Waals surface area contributed by atoms with Crippen LogP contribution in [0.25, 0.3) is 0 Å². The summed E-state index contributed by atoms with van der Waals surface area (Å²) in [5.41, 5.74) is 5.16. The molecule has 1 heterocycles. The van der Waals surface area contributed by atoms with Crippen LogP contribution in [0.4, 0.5) is 0 Å². The van der Waals surface area contributed by atoms with Crippen LogP contribution in [-0.4, -0.2) is 31.1 Å². The summed E-state index contributed by atoms with van der Waals surface area (Å²) in [7, 11) is 0. The molecule has 4 heteroatoms. The third kappa shape index (κ3) is 3.94. The Morgan fingerprint density at radius 3 is 2.58 bits per heavy atom. The molecular formula is C20H24Cl2N2. The van der Waals surface area contributed by atoms with Crippen LogP contribution in [0.2, 0.25) is 10.0 Å². The van der Waals surface area contributed by atoms with E-state index in [9.17, 15) is 0 Å². The van der Waals surface area contributed by atoms with Gasteiger partial charge in [-0.25, -0.2) is 0 Å². The molecule has 128 valence electrons. The second-order valence-electron chi connectivity index (χ2n) is 6.58. The number of benzene rings is 2. The minimum Gasteiger partial charge on any atom is -0.315 e. The van der Waals surface area contributed by atoms with E-state index >= 15 is 0 Å². The van der Waals surface area contributed by atoms with Crippen LogP contribution in [0.3, 0.4) is 0 Å². The normalized spacial score (nSPS) is 17.5. The van der Waals surface area contributed by atoms with Crippen molar-refractivity contribution in [3.63, 3.8) is 0 Å². The van der Waals surface area contributed by atoms with Crippen molar-refractivity contribution in [3.05, 3.63) is 68.7 Å². The first kappa shape index (κ1) is 17.8. The second-order valence-corrected chi connectivity index (χ2v) is 7.39. The number of nitrogens with zero attached hydrogens (tertiary/aromatic N) is 1. The van der Waals surface area contributed by atoms with Crippen molar-refractivity contribution in [2.75, 3.05) is 26.2 Å². The molecule has 1 fully saturated rings. The van der Waals surface area contributed by atoms with Gasteiger partial charge in [0.15, 0.2) is 0 Å². The predicted octanol–water partition coefficient (Wildman–Crippen LogP) is 4.99. The first-order valence-corrected chi connectivity index (χ1v) is 9.29. The maximum absolute atomic E-state index is 6.32. The summed E-state index contributed by atoms with van der Waals surface area (Å²) in [6.07, 6.45) is 1.16. The third-order valence-corrected chi connectivity index (χ3v) is 5.47. The van der Waals surface area contributed by atoms with Crippen LogP contribution < -0.4 is 5.32 Å². The summed E-state index contributed by atoms with van der Waals surface area (Å²) in [6.45, 7) is 8.54. The van der Waals surface area contributed by atoms with Crippen LogP contribution in [0, 0.1) is 13.8 Å². The first-order valence-electron chi connectivity index (χ1n) is 8.53. The van der Waals surface area contributed by atoms with Crippen molar-refractivity contribution in [1.82, 2.24) is 10.2 Å². The molecule has 0 spiro atoms. The fraction of sp³-hybridized carbons (Fsp3) is 0.400. The van der Waals surface area contributed by atoms with Gasteiger partial charge in [0.1, 0.15) is 0 Å². The molecule has 1 saturated heterocycles. The number of nitrogens with one attached hydrogen (secondary N) is 1. The summed E-state index contributed by atoms with van der Waals surface area (Å²) in [6, 6.07) is 12.9. The summed E-state index contributed by atoms with van der Waals surface area (Å²) in [4.78, 5) is 2.56. The third-order valence-electron chi connectivity index (χ3n) is 4.73. The van der Waals surface area contributed by atoms with Crippen LogP contribution in [0.5, 0.6) is 0 Å². The molecule has 0 aliphatic carbocycles. The summed E-state index contributed by atoms with van der Waals surface area (Å²) < 4.78 is 0. The molecular weight excluding hydrogens is 339 g/mol. The van der Waals surface area contributed by atoms with Crippen molar-refractivity contribution < 1.29 is 0 Å². The number of halogens is 2. The van der Waals surface area contributed by atoms with Gasteiger partial charge in [0.05, 0.1) is 16.1 Å². The van der Waals surface area contributed by atoms with E-state index in [4.69, 9.17) is 23.2 Å². The van der Waals surface area contributed by atoms with Gasteiger partial charge < -0.3 is 5.32 Å². The molecule has 1 unspecified atom stereocenters. The van der Waals surface area contributed by atoms with E-state index in [0.29, 0.717) is 10.0 Å². The average molecular weight is 363 g/mol. The molecule has 0 saturated carbocycles. The smallest absolute Gasteiger partial charge is 0.0605 e. The Morgan fingerprint density at radius 2 is 1.79 bits per heavy atom. The van der Waals surface area contributed by atoms with Crippen molar-refractivity contribution in [3.8, 4) is 0 Å². The highest BCUT2D eigenvalue weighted by Crippen LogP contribution is 2.35. The van der Waals surface area contributed by atoms with Gasteiger partial charge >= 0.3 is 0 Å². The highest BCUT2D eigenvalue weighted by molar-refractivity contribution is 6.42. The lowest BCUT2D eigenvalue weighted by Crippen LogP contribution is -2.33. The van der Waals surface area contributed by atoms with Gasteiger partial charge in [0, 0.05) is 19.6 Å². The van der Waals surface area contributed by atoms with Crippen molar-refractivity contribution >= 4 is 23.2 Å². The zero-order chi connectivity index (χ0) is 17.1. The second kappa shape index (κ2) is 7.88. The van der Waals surface area contributed by atoms with E-state index in [1.54, 1.807) is 0 Å².